The summed E-state index contributed by atoms with van der Waals surface area (Å²) in [6, 6.07) is 4.94. The van der Waals surface area contributed by atoms with Crippen LogP contribution in [0.3, 0.4) is 0 Å². The van der Waals surface area contributed by atoms with Gasteiger partial charge in [0.05, 0.1) is 10.8 Å². The van der Waals surface area contributed by atoms with Crippen molar-refractivity contribution in [3.8, 4) is 5.75 Å². The van der Waals surface area contributed by atoms with Crippen LogP contribution in [0.25, 0.3) is 0 Å². The first-order chi connectivity index (χ1) is 8.97. The lowest BCUT2D eigenvalue weighted by Crippen LogP contribution is -2.22. The third-order valence-electron chi connectivity index (χ3n) is 3.27. The quantitative estimate of drug-likeness (QED) is 0.482. The van der Waals surface area contributed by atoms with Crippen molar-refractivity contribution in [1.82, 2.24) is 0 Å². The number of carbonyl (C=O) groups excluding carboxylic acids is 1. The Bertz CT molecular complexity index is 541. The van der Waals surface area contributed by atoms with Crippen molar-refractivity contribution >= 4 is 16.1 Å². The highest BCUT2D eigenvalue weighted by Crippen LogP contribution is 2.26. The minimum Gasteiger partial charge on any atom is -0.744 e. The molecule has 0 aromatic heterocycles. The fraction of sp³-hybridized carbons (Fsp3) is 0.462. The molecule has 1 aromatic rings. The van der Waals surface area contributed by atoms with Gasteiger partial charge in [-0.05, 0) is 37.1 Å². The highest BCUT2D eigenvalue weighted by molar-refractivity contribution is 7.85. The third-order valence-corrected chi connectivity index (χ3v) is 4.12. The van der Waals surface area contributed by atoms with Gasteiger partial charge < -0.3 is 9.29 Å². The van der Waals surface area contributed by atoms with Gasteiger partial charge in [-0.3, -0.25) is 4.79 Å². The monoisotopic (exact) mass is 283 g/mol. The Kier molecular flexibility index (Phi) is 4.21. The molecule has 0 amide bonds. The summed E-state index contributed by atoms with van der Waals surface area (Å²) < 4.78 is 37.4. The largest absolute Gasteiger partial charge is 0.744 e. The number of hydrogen-bond acceptors (Lipinski definition) is 5. The molecule has 0 spiro atoms. The van der Waals surface area contributed by atoms with Crippen molar-refractivity contribution in [3.05, 3.63) is 24.3 Å². The predicted octanol–water partition coefficient (Wildman–Crippen LogP) is 2.08. The van der Waals surface area contributed by atoms with E-state index in [1.165, 1.54) is 12.1 Å². The zero-order chi connectivity index (χ0) is 13.9. The lowest BCUT2D eigenvalue weighted by Gasteiger charge is -2.19. The van der Waals surface area contributed by atoms with Crippen LogP contribution in [-0.2, 0) is 14.9 Å². The maximum absolute atomic E-state index is 11.8. The molecule has 0 aliphatic heterocycles. The van der Waals surface area contributed by atoms with Crippen LogP contribution in [0.4, 0.5) is 0 Å². The van der Waals surface area contributed by atoms with Gasteiger partial charge in [0.15, 0.2) is 0 Å². The second-order valence-electron chi connectivity index (χ2n) is 4.68. The zero-order valence-corrected chi connectivity index (χ0v) is 11.2. The Morgan fingerprint density at radius 1 is 1.11 bits per heavy atom. The van der Waals surface area contributed by atoms with Gasteiger partial charge in [-0.2, -0.15) is 0 Å². The molecule has 1 fully saturated rings. The molecule has 0 bridgehead atoms. The highest BCUT2D eigenvalue weighted by Gasteiger charge is 2.22. The molecule has 6 heteroatoms. The fourth-order valence-corrected chi connectivity index (χ4v) is 2.68. The standard InChI is InChI=1S/C13H16O5S/c14-13(10-4-2-1-3-5-10)18-11-6-8-12(9-7-11)19(15,16)17/h6-10H,1-5H2,(H,15,16,17)/p-1. The Balaban J connectivity index is 2.01. The van der Waals surface area contributed by atoms with Gasteiger partial charge in [-0.1, -0.05) is 19.3 Å². The number of esters is 1. The zero-order valence-electron chi connectivity index (χ0n) is 10.4. The second kappa shape index (κ2) is 5.71. The van der Waals surface area contributed by atoms with Crippen molar-refractivity contribution in [3.63, 3.8) is 0 Å². The minimum atomic E-state index is -4.46. The van der Waals surface area contributed by atoms with Gasteiger partial charge in [0.2, 0.25) is 0 Å². The molecule has 0 radical (unpaired) electrons. The van der Waals surface area contributed by atoms with Gasteiger partial charge in [0.25, 0.3) is 0 Å². The van der Waals surface area contributed by atoms with Gasteiger partial charge >= 0.3 is 5.97 Å². The van der Waals surface area contributed by atoms with Crippen LogP contribution in [0.2, 0.25) is 0 Å². The van der Waals surface area contributed by atoms with Crippen LogP contribution in [0.5, 0.6) is 5.75 Å². The molecule has 104 valence electrons. The van der Waals surface area contributed by atoms with Crippen LogP contribution in [-0.4, -0.2) is 18.9 Å². The normalized spacial score (nSPS) is 17.1. The summed E-state index contributed by atoms with van der Waals surface area (Å²) in [4.78, 5) is 11.5. The van der Waals surface area contributed by atoms with E-state index >= 15 is 0 Å². The van der Waals surface area contributed by atoms with E-state index in [-0.39, 0.29) is 22.5 Å². The Morgan fingerprint density at radius 3 is 2.21 bits per heavy atom. The van der Waals surface area contributed by atoms with E-state index in [2.05, 4.69) is 0 Å². The number of rotatable bonds is 3. The third kappa shape index (κ3) is 3.78. The van der Waals surface area contributed by atoms with Crippen LogP contribution < -0.4 is 4.74 Å². The van der Waals surface area contributed by atoms with E-state index < -0.39 is 10.1 Å². The molecule has 0 atom stereocenters. The van der Waals surface area contributed by atoms with Crippen LogP contribution in [0.15, 0.2) is 29.2 Å². The molecule has 0 N–H and O–H groups in total. The molecule has 19 heavy (non-hydrogen) atoms. The topological polar surface area (TPSA) is 83.5 Å². The number of ether oxygens (including phenoxy) is 1. The average Bonchev–Trinajstić information content (AvgIpc) is 2.39. The molecular formula is C13H15O5S-. The van der Waals surface area contributed by atoms with Gasteiger partial charge in [-0.15, -0.1) is 0 Å². The van der Waals surface area contributed by atoms with Crippen molar-refractivity contribution in [2.75, 3.05) is 0 Å². The van der Waals surface area contributed by atoms with E-state index in [4.69, 9.17) is 4.74 Å². The summed E-state index contributed by atoms with van der Waals surface area (Å²) in [7, 11) is -4.46. The highest BCUT2D eigenvalue weighted by atomic mass is 32.2. The first kappa shape index (κ1) is 14.0. The Hall–Kier alpha value is -1.40. The summed E-state index contributed by atoms with van der Waals surface area (Å²) in [5.74, 6) is -0.0860. The SMILES string of the molecule is O=C(Oc1ccc(S(=O)(=O)[O-])cc1)C1CCCCC1. The van der Waals surface area contributed by atoms with Crippen LogP contribution in [0.1, 0.15) is 32.1 Å². The van der Waals surface area contributed by atoms with E-state index in [1.807, 2.05) is 0 Å². The predicted molar refractivity (Wildman–Crippen MR) is 66.6 cm³/mol. The first-order valence-corrected chi connectivity index (χ1v) is 7.65. The van der Waals surface area contributed by atoms with Gasteiger partial charge in [0, 0.05) is 0 Å². The molecule has 5 nitrogen and oxygen atoms in total. The number of benzene rings is 1. The van der Waals surface area contributed by atoms with Gasteiger partial charge in [0.1, 0.15) is 15.9 Å². The molecule has 0 heterocycles. The number of hydrogen-bond donors (Lipinski definition) is 0. The Morgan fingerprint density at radius 2 is 1.68 bits per heavy atom. The molecule has 1 aromatic carbocycles. The molecule has 1 aliphatic rings. The summed E-state index contributed by atoms with van der Waals surface area (Å²) in [6.07, 6.45) is 4.90. The maximum Gasteiger partial charge on any atom is 0.314 e. The lowest BCUT2D eigenvalue weighted by atomic mass is 9.89. The van der Waals surface area contributed by atoms with E-state index in [9.17, 15) is 17.8 Å². The lowest BCUT2D eigenvalue weighted by molar-refractivity contribution is -0.139. The van der Waals surface area contributed by atoms with Crippen molar-refractivity contribution < 1.29 is 22.5 Å². The van der Waals surface area contributed by atoms with Crippen LogP contribution >= 0.6 is 0 Å². The summed E-state index contributed by atoms with van der Waals surface area (Å²) in [5, 5.41) is 0. The second-order valence-corrected chi connectivity index (χ2v) is 6.06. The van der Waals surface area contributed by atoms with Crippen molar-refractivity contribution in [2.24, 2.45) is 5.92 Å². The summed E-state index contributed by atoms with van der Waals surface area (Å²) in [6.45, 7) is 0. The molecule has 2 rings (SSSR count). The number of carbonyl (C=O) groups is 1. The molecular weight excluding hydrogens is 268 g/mol. The Labute approximate surface area is 112 Å². The smallest absolute Gasteiger partial charge is 0.314 e. The van der Waals surface area contributed by atoms with E-state index in [1.54, 1.807) is 0 Å². The van der Waals surface area contributed by atoms with Crippen molar-refractivity contribution in [2.45, 2.75) is 37.0 Å². The summed E-state index contributed by atoms with van der Waals surface area (Å²) in [5.41, 5.74) is 0. The minimum absolute atomic E-state index is 0.0725. The fourth-order valence-electron chi connectivity index (χ4n) is 2.21. The summed E-state index contributed by atoms with van der Waals surface area (Å²) >= 11 is 0. The van der Waals surface area contributed by atoms with E-state index in [0.717, 1.165) is 44.2 Å². The molecule has 0 unspecified atom stereocenters. The average molecular weight is 283 g/mol. The van der Waals surface area contributed by atoms with E-state index in [0.29, 0.717) is 0 Å². The van der Waals surface area contributed by atoms with Crippen molar-refractivity contribution in [1.29, 1.82) is 0 Å². The molecule has 1 aliphatic carbocycles. The maximum atomic E-state index is 11.8. The van der Waals surface area contributed by atoms with Gasteiger partial charge in [-0.25, -0.2) is 8.42 Å². The van der Waals surface area contributed by atoms with Crippen LogP contribution in [0, 0.1) is 5.92 Å². The molecule has 0 saturated heterocycles. The first-order valence-electron chi connectivity index (χ1n) is 6.24. The molecule has 1 saturated carbocycles.